The Hall–Kier alpha value is -3.53. The number of hydrogen-bond donors (Lipinski definition) is 2. The first kappa shape index (κ1) is 20.2. The predicted octanol–water partition coefficient (Wildman–Crippen LogP) is 1.60. The van der Waals surface area contributed by atoms with Crippen LogP contribution in [-0.2, 0) is 11.3 Å². The van der Waals surface area contributed by atoms with E-state index in [9.17, 15) is 14.7 Å². The van der Waals surface area contributed by atoms with Gasteiger partial charge in [-0.15, -0.1) is 0 Å². The maximum Gasteiger partial charge on any atom is 0.271 e. The highest BCUT2D eigenvalue weighted by molar-refractivity contribution is 5.92. The van der Waals surface area contributed by atoms with Gasteiger partial charge in [-0.3, -0.25) is 19.3 Å². The Morgan fingerprint density at radius 2 is 2.10 bits per heavy atom. The normalized spacial score (nSPS) is 12.4. The van der Waals surface area contributed by atoms with Crippen LogP contribution in [0.5, 0.6) is 11.5 Å². The van der Waals surface area contributed by atoms with Crippen LogP contribution in [0.4, 0.5) is 5.82 Å². The number of aliphatic hydroxyl groups is 1. The van der Waals surface area contributed by atoms with Gasteiger partial charge in [0.05, 0.1) is 24.5 Å². The van der Waals surface area contributed by atoms with Crippen molar-refractivity contribution in [3.63, 3.8) is 0 Å². The van der Waals surface area contributed by atoms with Crippen LogP contribution in [0.25, 0.3) is 0 Å². The summed E-state index contributed by atoms with van der Waals surface area (Å²) in [6, 6.07) is 5.40. The van der Waals surface area contributed by atoms with Crippen LogP contribution in [0.2, 0.25) is 0 Å². The minimum absolute atomic E-state index is 0.247. The fourth-order valence-electron chi connectivity index (χ4n) is 2.55. The zero-order chi connectivity index (χ0) is 21.0. The van der Waals surface area contributed by atoms with Crippen molar-refractivity contribution in [2.24, 2.45) is 0 Å². The van der Waals surface area contributed by atoms with Crippen molar-refractivity contribution in [1.82, 2.24) is 24.5 Å². The van der Waals surface area contributed by atoms with Crippen molar-refractivity contribution in [2.75, 3.05) is 5.32 Å². The van der Waals surface area contributed by atoms with Gasteiger partial charge in [-0.1, -0.05) is 0 Å². The topological polar surface area (TPSA) is 124 Å². The zero-order valence-corrected chi connectivity index (χ0v) is 16.3. The van der Waals surface area contributed by atoms with E-state index >= 15 is 0 Å². The molecule has 2 N–H and O–H groups in total. The second-order valence-electron chi connectivity index (χ2n) is 7.14. The van der Waals surface area contributed by atoms with Crippen LogP contribution in [-0.4, -0.2) is 41.2 Å². The van der Waals surface area contributed by atoms with Crippen LogP contribution in [0, 0.1) is 0 Å². The summed E-state index contributed by atoms with van der Waals surface area (Å²) in [6.07, 6.45) is 6.12. The smallest absolute Gasteiger partial charge is 0.271 e. The number of hydrogen-bond acceptors (Lipinski definition) is 7. The highest BCUT2D eigenvalue weighted by Crippen LogP contribution is 2.17. The van der Waals surface area contributed by atoms with Gasteiger partial charge in [0.2, 0.25) is 5.91 Å². The van der Waals surface area contributed by atoms with Crippen molar-refractivity contribution in [2.45, 2.75) is 39.0 Å². The lowest BCUT2D eigenvalue weighted by Gasteiger charge is -2.16. The lowest BCUT2D eigenvalue weighted by Crippen LogP contribution is -2.33. The highest BCUT2D eigenvalue weighted by atomic mass is 16.5. The number of carbonyl (C=O) groups excluding carboxylic acids is 1. The van der Waals surface area contributed by atoms with Gasteiger partial charge >= 0.3 is 0 Å². The molecular weight excluding hydrogens is 376 g/mol. The van der Waals surface area contributed by atoms with E-state index in [0.717, 1.165) is 4.68 Å². The minimum atomic E-state index is -0.933. The molecule has 0 aromatic carbocycles. The third-order valence-electron chi connectivity index (χ3n) is 3.86. The molecule has 1 atom stereocenters. The molecule has 1 unspecified atom stereocenters. The Kier molecular flexibility index (Phi) is 5.74. The van der Waals surface area contributed by atoms with Crippen LogP contribution < -0.4 is 15.6 Å². The van der Waals surface area contributed by atoms with Gasteiger partial charge in [0.15, 0.2) is 11.6 Å². The molecule has 3 aromatic heterocycles. The molecule has 152 valence electrons. The van der Waals surface area contributed by atoms with E-state index in [1.807, 2.05) is 0 Å². The first-order chi connectivity index (χ1) is 13.7. The van der Waals surface area contributed by atoms with E-state index in [1.165, 1.54) is 23.1 Å². The molecule has 0 aliphatic rings. The van der Waals surface area contributed by atoms with Crippen LogP contribution in [0.15, 0.2) is 53.8 Å². The number of rotatable bonds is 7. The molecule has 0 saturated heterocycles. The largest absolute Gasteiger partial charge is 0.454 e. The average Bonchev–Trinajstić information content (AvgIpc) is 3.07. The molecule has 0 aliphatic heterocycles. The molecule has 1 amide bonds. The molecule has 3 aromatic rings. The van der Waals surface area contributed by atoms with E-state index in [2.05, 4.69) is 20.5 Å². The van der Waals surface area contributed by atoms with Gasteiger partial charge in [-0.2, -0.15) is 10.2 Å². The Morgan fingerprint density at radius 1 is 1.31 bits per heavy atom. The van der Waals surface area contributed by atoms with Crippen LogP contribution >= 0.6 is 0 Å². The van der Waals surface area contributed by atoms with Crippen molar-refractivity contribution < 1.29 is 14.6 Å². The molecular formula is C19H22N6O4. The molecule has 0 radical (unpaired) electrons. The number of pyridine rings is 1. The van der Waals surface area contributed by atoms with Crippen LogP contribution in [0.1, 0.15) is 26.8 Å². The summed E-state index contributed by atoms with van der Waals surface area (Å²) in [5.41, 5.74) is -1.42. The summed E-state index contributed by atoms with van der Waals surface area (Å²) in [4.78, 5) is 28.8. The quantitative estimate of drug-likeness (QED) is 0.619. The van der Waals surface area contributed by atoms with E-state index in [1.54, 1.807) is 51.4 Å². The molecule has 3 heterocycles. The Balaban J connectivity index is 1.67. The first-order valence-corrected chi connectivity index (χ1v) is 8.95. The average molecular weight is 398 g/mol. The van der Waals surface area contributed by atoms with Gasteiger partial charge in [0.25, 0.3) is 5.56 Å². The lowest BCUT2D eigenvalue weighted by atomic mass is 10.1. The standard InChI is InChI=1S/C19H22N6O4/c1-13(18(27)22-16-6-8-24(23-16)12-19(2,3)28)25-17(26)9-15(11-21-25)29-14-5-4-7-20-10-14/h4-11,13,28H,12H2,1-3H3,(H,22,23,27). The molecule has 29 heavy (non-hydrogen) atoms. The van der Waals surface area contributed by atoms with Gasteiger partial charge in [-0.05, 0) is 32.9 Å². The third-order valence-corrected chi connectivity index (χ3v) is 3.86. The van der Waals surface area contributed by atoms with E-state index in [4.69, 9.17) is 4.74 Å². The number of nitrogens with one attached hydrogen (secondary N) is 1. The Morgan fingerprint density at radius 3 is 2.76 bits per heavy atom. The van der Waals surface area contributed by atoms with E-state index < -0.39 is 23.1 Å². The lowest BCUT2D eigenvalue weighted by molar-refractivity contribution is -0.119. The maximum absolute atomic E-state index is 12.5. The summed E-state index contributed by atoms with van der Waals surface area (Å²) in [7, 11) is 0. The second kappa shape index (κ2) is 8.23. The minimum Gasteiger partial charge on any atom is -0.454 e. The Labute approximate surface area is 166 Å². The highest BCUT2D eigenvalue weighted by Gasteiger charge is 2.20. The van der Waals surface area contributed by atoms with Crippen molar-refractivity contribution in [1.29, 1.82) is 0 Å². The molecule has 3 rings (SSSR count). The fraction of sp³-hybridized carbons (Fsp3) is 0.316. The zero-order valence-electron chi connectivity index (χ0n) is 16.3. The third kappa shape index (κ3) is 5.48. The maximum atomic E-state index is 12.5. The number of ether oxygens (including phenoxy) is 1. The number of anilines is 1. The van der Waals surface area contributed by atoms with Crippen molar-refractivity contribution in [3.8, 4) is 11.5 Å². The van der Waals surface area contributed by atoms with Gasteiger partial charge in [0, 0.05) is 24.5 Å². The monoisotopic (exact) mass is 398 g/mol. The van der Waals surface area contributed by atoms with E-state index in [-0.39, 0.29) is 12.3 Å². The fourth-order valence-corrected chi connectivity index (χ4v) is 2.55. The van der Waals surface area contributed by atoms with E-state index in [0.29, 0.717) is 11.6 Å². The number of aromatic nitrogens is 5. The molecule has 0 saturated carbocycles. The predicted molar refractivity (Wildman–Crippen MR) is 105 cm³/mol. The molecule has 10 nitrogen and oxygen atoms in total. The summed E-state index contributed by atoms with van der Waals surface area (Å²) >= 11 is 0. The second-order valence-corrected chi connectivity index (χ2v) is 7.14. The molecule has 0 fully saturated rings. The summed E-state index contributed by atoms with van der Waals surface area (Å²) in [6.45, 7) is 5.15. The first-order valence-electron chi connectivity index (χ1n) is 8.95. The van der Waals surface area contributed by atoms with Gasteiger partial charge < -0.3 is 15.2 Å². The number of amides is 1. The SMILES string of the molecule is CC(C(=O)Nc1ccn(CC(C)(C)O)n1)n1ncc(Oc2cccnc2)cc1=O. The molecule has 0 spiro atoms. The molecule has 0 aliphatic carbocycles. The van der Waals surface area contributed by atoms with Crippen molar-refractivity contribution in [3.05, 3.63) is 59.4 Å². The summed E-state index contributed by atoms with van der Waals surface area (Å²) < 4.78 is 8.10. The molecule has 10 heteroatoms. The summed E-state index contributed by atoms with van der Waals surface area (Å²) in [5, 5.41) is 20.7. The van der Waals surface area contributed by atoms with Crippen LogP contribution in [0.3, 0.4) is 0 Å². The van der Waals surface area contributed by atoms with Crippen molar-refractivity contribution >= 4 is 11.7 Å². The number of carbonyl (C=O) groups is 1. The Bertz CT molecular complexity index is 1040. The number of nitrogens with zero attached hydrogens (tertiary/aromatic N) is 5. The summed E-state index contributed by atoms with van der Waals surface area (Å²) in [5.74, 6) is 0.584. The molecule has 0 bridgehead atoms. The van der Waals surface area contributed by atoms with Gasteiger partial charge in [0.1, 0.15) is 11.8 Å². The van der Waals surface area contributed by atoms with Gasteiger partial charge in [-0.25, -0.2) is 4.68 Å².